The van der Waals surface area contributed by atoms with Crippen molar-refractivity contribution >= 4 is 34.3 Å². The first-order valence-corrected chi connectivity index (χ1v) is 8.99. The van der Waals surface area contributed by atoms with Crippen LogP contribution >= 0.6 is 11.3 Å². The molecule has 2 aliphatic carbocycles. The average Bonchev–Trinajstić information content (AvgIpc) is 3.22. The molecule has 7 nitrogen and oxygen atoms in total. The number of esters is 1. The van der Waals surface area contributed by atoms with Crippen LogP contribution in [-0.4, -0.2) is 29.4 Å². The van der Waals surface area contributed by atoms with E-state index in [0.29, 0.717) is 17.4 Å². The predicted octanol–water partition coefficient (Wildman–Crippen LogP) is 0.599. The number of hydrogen-bond donors (Lipinski definition) is 1. The van der Waals surface area contributed by atoms with Crippen LogP contribution in [0.2, 0.25) is 0 Å². The monoisotopic (exact) mass is 351 g/mol. The Kier molecular flexibility index (Phi) is 4.84. The molecular weight excluding hydrogens is 332 g/mol. The number of aliphatic carboxylic acids is 1. The number of hydrogen-bond acceptors (Lipinski definition) is 7. The van der Waals surface area contributed by atoms with E-state index >= 15 is 0 Å². The number of carbonyl (C=O) groups excluding carboxylic acids is 3. The Bertz CT molecular complexity index is 659. The number of nitrogens with one attached hydrogen (secondary N) is 1. The van der Waals surface area contributed by atoms with Crippen molar-refractivity contribution in [3.63, 3.8) is 0 Å². The van der Waals surface area contributed by atoms with Crippen LogP contribution in [0.15, 0.2) is 5.38 Å². The first-order chi connectivity index (χ1) is 11.5. The molecule has 1 N–H and O–H groups in total. The van der Waals surface area contributed by atoms with Gasteiger partial charge in [-0.1, -0.05) is 0 Å². The van der Waals surface area contributed by atoms with E-state index < -0.39 is 17.8 Å². The second kappa shape index (κ2) is 6.88. The summed E-state index contributed by atoms with van der Waals surface area (Å²) in [6.07, 6.45) is 2.57. The van der Waals surface area contributed by atoms with Crippen molar-refractivity contribution in [3.8, 4) is 0 Å². The van der Waals surface area contributed by atoms with Gasteiger partial charge in [-0.15, -0.1) is 11.3 Å². The fourth-order valence-corrected chi connectivity index (χ4v) is 4.72. The first-order valence-electron chi connectivity index (χ1n) is 8.11. The predicted molar refractivity (Wildman–Crippen MR) is 83.9 cm³/mol. The zero-order valence-corrected chi connectivity index (χ0v) is 14.1. The van der Waals surface area contributed by atoms with Crippen LogP contribution in [0.5, 0.6) is 0 Å². The lowest BCUT2D eigenvalue weighted by molar-refractivity contribution is -0.314. The number of nitrogens with zero attached hydrogens (tertiary/aromatic N) is 1. The van der Waals surface area contributed by atoms with Crippen LogP contribution in [0, 0.1) is 23.7 Å². The lowest BCUT2D eigenvalue weighted by Crippen LogP contribution is -2.43. The highest BCUT2D eigenvalue weighted by atomic mass is 32.1. The number of aromatic nitrogens is 1. The maximum atomic E-state index is 12.5. The number of thiazole rings is 1. The number of carboxylic acid groups (broad SMARTS) is 1. The smallest absolute Gasteiger partial charge is 0.311 e. The summed E-state index contributed by atoms with van der Waals surface area (Å²) in [5.41, 5.74) is 0.526. The van der Waals surface area contributed by atoms with Crippen LogP contribution in [0.25, 0.3) is 0 Å². The van der Waals surface area contributed by atoms with Gasteiger partial charge in [-0.05, 0) is 38.0 Å². The summed E-state index contributed by atoms with van der Waals surface area (Å²) in [6.45, 7) is 2.04. The maximum Gasteiger partial charge on any atom is 0.311 e. The highest BCUT2D eigenvalue weighted by molar-refractivity contribution is 7.13. The highest BCUT2D eigenvalue weighted by Crippen LogP contribution is 2.52. The van der Waals surface area contributed by atoms with Crippen LogP contribution in [-0.2, 0) is 25.5 Å². The lowest BCUT2D eigenvalue weighted by atomic mass is 9.79. The van der Waals surface area contributed by atoms with Crippen molar-refractivity contribution in [2.24, 2.45) is 23.7 Å². The Morgan fingerprint density at radius 2 is 2.04 bits per heavy atom. The van der Waals surface area contributed by atoms with Crippen molar-refractivity contribution in [2.45, 2.75) is 32.6 Å². The second-order valence-corrected chi connectivity index (χ2v) is 7.18. The van der Waals surface area contributed by atoms with E-state index in [2.05, 4.69) is 10.3 Å². The van der Waals surface area contributed by atoms with Crippen molar-refractivity contribution in [2.75, 3.05) is 11.9 Å². The molecule has 0 aromatic carbocycles. The third kappa shape index (κ3) is 3.28. The summed E-state index contributed by atoms with van der Waals surface area (Å²) >= 11 is 1.21. The zero-order chi connectivity index (χ0) is 17.3. The van der Waals surface area contributed by atoms with Crippen molar-refractivity contribution in [1.29, 1.82) is 0 Å². The summed E-state index contributed by atoms with van der Waals surface area (Å²) in [4.78, 5) is 39.6. The van der Waals surface area contributed by atoms with Gasteiger partial charge in [-0.25, -0.2) is 4.98 Å². The molecule has 0 unspecified atom stereocenters. The lowest BCUT2D eigenvalue weighted by Gasteiger charge is -2.30. The molecule has 0 aliphatic heterocycles. The van der Waals surface area contributed by atoms with Crippen LogP contribution < -0.4 is 10.4 Å². The number of fused-ring (bicyclic) bond motifs is 2. The molecule has 1 aromatic rings. The molecule has 2 saturated carbocycles. The van der Waals surface area contributed by atoms with Crippen molar-refractivity contribution < 1.29 is 24.2 Å². The molecule has 8 heteroatoms. The van der Waals surface area contributed by atoms with Gasteiger partial charge in [0.1, 0.15) is 0 Å². The molecule has 0 saturated heterocycles. The molecule has 1 amide bonds. The van der Waals surface area contributed by atoms with E-state index in [0.717, 1.165) is 19.3 Å². The molecule has 4 atom stereocenters. The largest absolute Gasteiger partial charge is 0.550 e. The number of amides is 1. The Morgan fingerprint density at radius 1 is 1.33 bits per heavy atom. The summed E-state index contributed by atoms with van der Waals surface area (Å²) in [5, 5.41) is 16.2. The normalized spacial score (nSPS) is 27.9. The van der Waals surface area contributed by atoms with E-state index in [-0.39, 0.29) is 30.1 Å². The summed E-state index contributed by atoms with van der Waals surface area (Å²) in [5.74, 6) is -2.92. The van der Waals surface area contributed by atoms with E-state index in [9.17, 15) is 19.5 Å². The van der Waals surface area contributed by atoms with E-state index in [1.807, 2.05) is 0 Å². The fourth-order valence-electron chi connectivity index (χ4n) is 4.00. The SMILES string of the molecule is CCOC(=O)Cc1csc(NC(=O)[C@@H]2[C@@H]3CC[C@@H](C3)[C@@H]2C(=O)[O-])n1. The Hall–Kier alpha value is -1.96. The summed E-state index contributed by atoms with van der Waals surface area (Å²) < 4.78 is 4.86. The van der Waals surface area contributed by atoms with E-state index in [1.165, 1.54) is 11.3 Å². The third-order valence-electron chi connectivity index (χ3n) is 4.90. The zero-order valence-electron chi connectivity index (χ0n) is 13.3. The third-order valence-corrected chi connectivity index (χ3v) is 5.71. The number of carboxylic acids is 1. The van der Waals surface area contributed by atoms with Gasteiger partial charge in [0.25, 0.3) is 0 Å². The minimum absolute atomic E-state index is 0.0476. The molecule has 24 heavy (non-hydrogen) atoms. The molecule has 0 spiro atoms. The molecule has 1 aromatic heterocycles. The van der Waals surface area contributed by atoms with Gasteiger partial charge >= 0.3 is 5.97 Å². The average molecular weight is 351 g/mol. The fraction of sp³-hybridized carbons (Fsp3) is 0.625. The highest BCUT2D eigenvalue weighted by Gasteiger charge is 2.51. The number of ether oxygens (including phenoxy) is 1. The quantitative estimate of drug-likeness (QED) is 0.752. The van der Waals surface area contributed by atoms with Crippen molar-refractivity contribution in [1.82, 2.24) is 4.98 Å². The van der Waals surface area contributed by atoms with Gasteiger partial charge in [0.15, 0.2) is 5.13 Å². The summed E-state index contributed by atoms with van der Waals surface area (Å²) in [6, 6.07) is 0. The van der Waals surface area contributed by atoms with E-state index in [4.69, 9.17) is 4.74 Å². The first kappa shape index (κ1) is 16.9. The van der Waals surface area contributed by atoms with Gasteiger partial charge in [-0.2, -0.15) is 0 Å². The Labute approximate surface area is 143 Å². The maximum absolute atomic E-state index is 12.5. The van der Waals surface area contributed by atoms with E-state index in [1.54, 1.807) is 12.3 Å². The Balaban J connectivity index is 1.64. The standard InChI is InChI=1S/C16H20N2O5S/c1-2-23-11(19)6-10-7-24-16(17-10)18-14(20)12-8-3-4-9(5-8)13(12)15(21)22/h7-9,12-13H,2-6H2,1H3,(H,21,22)(H,17,18,20)/p-1/t8-,9+,12-,13+/m1/s1. The molecule has 2 bridgehead atoms. The number of rotatable bonds is 6. The number of anilines is 1. The molecule has 2 aliphatic rings. The van der Waals surface area contributed by atoms with Gasteiger partial charge in [-0.3, -0.25) is 9.59 Å². The molecule has 3 rings (SSSR count). The Morgan fingerprint density at radius 3 is 2.71 bits per heavy atom. The minimum Gasteiger partial charge on any atom is -0.550 e. The molecular formula is C16H19N2O5S-. The van der Waals surface area contributed by atoms with Gasteiger partial charge in [0, 0.05) is 23.2 Å². The minimum atomic E-state index is -1.13. The second-order valence-electron chi connectivity index (χ2n) is 6.32. The van der Waals surface area contributed by atoms with Crippen LogP contribution in [0.3, 0.4) is 0 Å². The molecule has 130 valence electrons. The van der Waals surface area contributed by atoms with Gasteiger partial charge < -0.3 is 20.0 Å². The molecule has 1 heterocycles. The van der Waals surface area contributed by atoms with Crippen LogP contribution in [0.4, 0.5) is 5.13 Å². The summed E-state index contributed by atoms with van der Waals surface area (Å²) in [7, 11) is 0. The van der Waals surface area contributed by atoms with Gasteiger partial charge in [0.05, 0.1) is 18.7 Å². The van der Waals surface area contributed by atoms with Crippen molar-refractivity contribution in [3.05, 3.63) is 11.1 Å². The molecule has 2 fully saturated rings. The topological polar surface area (TPSA) is 108 Å². The van der Waals surface area contributed by atoms with Crippen LogP contribution in [0.1, 0.15) is 31.9 Å². The van der Waals surface area contributed by atoms with Gasteiger partial charge in [0.2, 0.25) is 5.91 Å². The number of carbonyl (C=O) groups is 3. The molecule has 0 radical (unpaired) electrons.